The van der Waals surface area contributed by atoms with Gasteiger partial charge in [0.2, 0.25) is 0 Å². The molecule has 0 aliphatic heterocycles. The van der Waals surface area contributed by atoms with Crippen LogP contribution in [-0.2, 0) is 0 Å². The molecule has 1 aliphatic rings. The largest absolute Gasteiger partial charge is 0.389 e. The van der Waals surface area contributed by atoms with E-state index in [4.69, 9.17) is 18.0 Å². The normalized spacial score (nSPS) is 22.2. The summed E-state index contributed by atoms with van der Waals surface area (Å²) in [5.41, 5.74) is 8.96. The van der Waals surface area contributed by atoms with Crippen molar-refractivity contribution in [1.82, 2.24) is 0 Å². The highest BCUT2D eigenvalue weighted by Gasteiger charge is 2.35. The molecule has 17 heavy (non-hydrogen) atoms. The highest BCUT2D eigenvalue weighted by Crippen LogP contribution is 2.37. The van der Waals surface area contributed by atoms with Gasteiger partial charge in [0.15, 0.2) is 0 Å². The summed E-state index contributed by atoms with van der Waals surface area (Å²) >= 11 is 5.00. The van der Waals surface area contributed by atoms with Crippen molar-refractivity contribution < 1.29 is 0 Å². The summed E-state index contributed by atoms with van der Waals surface area (Å²) in [7, 11) is 0. The second kappa shape index (κ2) is 5.05. The predicted octanol–water partition coefficient (Wildman–Crippen LogP) is 3.23. The van der Waals surface area contributed by atoms with Crippen LogP contribution in [0.25, 0.3) is 0 Å². The Balaban J connectivity index is 1.99. The smallest absolute Gasteiger partial charge is 0.104 e. The van der Waals surface area contributed by atoms with Crippen molar-refractivity contribution in [1.29, 1.82) is 0 Å². The number of aryl methyl sites for hydroxylation is 1. The van der Waals surface area contributed by atoms with Crippen LogP contribution in [0.4, 0.5) is 5.69 Å². The van der Waals surface area contributed by atoms with E-state index in [1.54, 1.807) is 0 Å². The van der Waals surface area contributed by atoms with Gasteiger partial charge in [0.05, 0.1) is 0 Å². The molecule has 92 valence electrons. The molecule has 1 fully saturated rings. The van der Waals surface area contributed by atoms with E-state index >= 15 is 0 Å². The Morgan fingerprint density at radius 3 is 2.88 bits per heavy atom. The topological polar surface area (TPSA) is 38.0 Å². The Hall–Kier alpha value is -1.09. The van der Waals surface area contributed by atoms with Crippen LogP contribution in [0, 0.1) is 12.8 Å². The van der Waals surface area contributed by atoms with Gasteiger partial charge in [-0.25, -0.2) is 0 Å². The lowest BCUT2D eigenvalue weighted by molar-refractivity contribution is 0.693. The van der Waals surface area contributed by atoms with Gasteiger partial charge in [-0.1, -0.05) is 25.6 Å². The van der Waals surface area contributed by atoms with E-state index in [0.29, 0.717) is 11.0 Å². The molecule has 0 saturated heterocycles. The van der Waals surface area contributed by atoms with Gasteiger partial charge in [0, 0.05) is 17.3 Å². The van der Waals surface area contributed by atoms with Crippen molar-refractivity contribution in [3.8, 4) is 0 Å². The van der Waals surface area contributed by atoms with E-state index in [1.807, 2.05) is 6.07 Å². The predicted molar refractivity (Wildman–Crippen MR) is 77.5 cm³/mol. The zero-order valence-corrected chi connectivity index (χ0v) is 11.3. The molecule has 1 aliphatic carbocycles. The van der Waals surface area contributed by atoms with E-state index in [2.05, 4.69) is 31.3 Å². The molecule has 3 N–H and O–H groups in total. The molecule has 0 bridgehead atoms. The van der Waals surface area contributed by atoms with Gasteiger partial charge >= 0.3 is 0 Å². The first-order valence-electron chi connectivity index (χ1n) is 6.28. The summed E-state index contributed by atoms with van der Waals surface area (Å²) in [6.45, 7) is 4.30. The summed E-state index contributed by atoms with van der Waals surface area (Å²) in [6.07, 6.45) is 3.92. The number of anilines is 1. The van der Waals surface area contributed by atoms with E-state index in [1.165, 1.54) is 24.9 Å². The second-order valence-corrected chi connectivity index (χ2v) is 5.37. The average Bonchev–Trinajstić information content (AvgIpc) is 2.96. The maximum Gasteiger partial charge on any atom is 0.104 e. The maximum atomic E-state index is 5.65. The average molecular weight is 248 g/mol. The summed E-state index contributed by atoms with van der Waals surface area (Å²) < 4.78 is 0. The Bertz CT molecular complexity index is 428. The summed E-state index contributed by atoms with van der Waals surface area (Å²) in [5.74, 6) is 0.871. The molecule has 2 rings (SSSR count). The van der Waals surface area contributed by atoms with Crippen LogP contribution in [0.15, 0.2) is 18.2 Å². The van der Waals surface area contributed by atoms with Crippen LogP contribution in [-0.4, -0.2) is 11.0 Å². The van der Waals surface area contributed by atoms with Gasteiger partial charge in [0.25, 0.3) is 0 Å². The molecule has 1 saturated carbocycles. The fraction of sp³-hybridized carbons (Fsp3) is 0.500. The van der Waals surface area contributed by atoms with Crippen LogP contribution < -0.4 is 11.1 Å². The molecular weight excluding hydrogens is 228 g/mol. The molecule has 3 heteroatoms. The Morgan fingerprint density at radius 2 is 2.29 bits per heavy atom. The first kappa shape index (κ1) is 12.4. The van der Waals surface area contributed by atoms with Gasteiger partial charge in [0.1, 0.15) is 4.99 Å². The van der Waals surface area contributed by atoms with Crippen LogP contribution in [0.3, 0.4) is 0 Å². The fourth-order valence-electron chi connectivity index (χ4n) is 2.36. The first-order valence-corrected chi connectivity index (χ1v) is 6.69. The minimum absolute atomic E-state index is 0.476. The van der Waals surface area contributed by atoms with Crippen molar-refractivity contribution in [3.05, 3.63) is 29.3 Å². The van der Waals surface area contributed by atoms with Crippen molar-refractivity contribution in [2.75, 3.05) is 5.32 Å². The summed E-state index contributed by atoms with van der Waals surface area (Å²) in [4.78, 5) is 0.476. The maximum absolute atomic E-state index is 5.65. The van der Waals surface area contributed by atoms with Crippen molar-refractivity contribution in [3.63, 3.8) is 0 Å². The highest BCUT2D eigenvalue weighted by atomic mass is 32.1. The zero-order valence-electron chi connectivity index (χ0n) is 10.5. The lowest BCUT2D eigenvalue weighted by Crippen LogP contribution is -2.12. The quantitative estimate of drug-likeness (QED) is 0.786. The number of hydrogen-bond donors (Lipinski definition) is 2. The molecule has 1 aromatic carbocycles. The van der Waals surface area contributed by atoms with Crippen molar-refractivity contribution >= 4 is 22.9 Å². The standard InChI is InChI=1S/C14H20N2S/c1-3-4-10-8-13(10)16-11-5-6-12(14(15)17)9(2)7-11/h5-7,10,13,16H,3-4,8H2,1-2H3,(H2,15,17). The molecule has 2 unspecified atom stereocenters. The van der Waals surface area contributed by atoms with Crippen LogP contribution in [0.1, 0.15) is 37.3 Å². The van der Waals surface area contributed by atoms with Crippen molar-refractivity contribution in [2.45, 2.75) is 39.2 Å². The minimum atomic E-state index is 0.476. The monoisotopic (exact) mass is 248 g/mol. The fourth-order valence-corrected chi connectivity index (χ4v) is 2.59. The molecule has 0 aromatic heterocycles. The van der Waals surface area contributed by atoms with E-state index in [9.17, 15) is 0 Å². The lowest BCUT2D eigenvalue weighted by Gasteiger charge is -2.09. The molecule has 2 nitrogen and oxygen atoms in total. The third-order valence-corrected chi connectivity index (χ3v) is 3.65. The van der Waals surface area contributed by atoms with Gasteiger partial charge < -0.3 is 11.1 Å². The number of hydrogen-bond acceptors (Lipinski definition) is 2. The SMILES string of the molecule is CCCC1CC1Nc1ccc(C(N)=S)c(C)c1. The molecule has 0 spiro atoms. The van der Waals surface area contributed by atoms with Gasteiger partial charge in [-0.3, -0.25) is 0 Å². The van der Waals surface area contributed by atoms with Gasteiger partial charge in [-0.2, -0.15) is 0 Å². The van der Waals surface area contributed by atoms with Crippen LogP contribution in [0.5, 0.6) is 0 Å². The minimum Gasteiger partial charge on any atom is -0.389 e. The van der Waals surface area contributed by atoms with Gasteiger partial charge in [-0.05, 0) is 49.4 Å². The van der Waals surface area contributed by atoms with Crippen LogP contribution >= 0.6 is 12.2 Å². The van der Waals surface area contributed by atoms with Crippen LogP contribution in [0.2, 0.25) is 0 Å². The Morgan fingerprint density at radius 1 is 1.53 bits per heavy atom. The summed E-state index contributed by atoms with van der Waals surface area (Å²) in [6, 6.07) is 6.89. The molecule has 0 amide bonds. The third-order valence-electron chi connectivity index (χ3n) is 3.43. The summed E-state index contributed by atoms with van der Waals surface area (Å²) in [5, 5.41) is 3.57. The second-order valence-electron chi connectivity index (χ2n) is 4.93. The van der Waals surface area contributed by atoms with E-state index in [-0.39, 0.29) is 0 Å². The molecular formula is C14H20N2S. The van der Waals surface area contributed by atoms with Crippen molar-refractivity contribution in [2.24, 2.45) is 11.7 Å². The molecule has 2 atom stereocenters. The van der Waals surface area contributed by atoms with Gasteiger partial charge in [-0.15, -0.1) is 0 Å². The number of rotatable bonds is 5. The lowest BCUT2D eigenvalue weighted by atomic mass is 10.1. The van der Waals surface area contributed by atoms with E-state index < -0.39 is 0 Å². The molecule has 0 heterocycles. The zero-order chi connectivity index (χ0) is 12.4. The number of nitrogens with one attached hydrogen (secondary N) is 1. The Kier molecular flexibility index (Phi) is 3.67. The molecule has 1 aromatic rings. The number of benzene rings is 1. The third kappa shape index (κ3) is 2.97. The number of thiocarbonyl (C=S) groups is 1. The first-order chi connectivity index (χ1) is 8.11. The van der Waals surface area contributed by atoms with E-state index in [0.717, 1.165) is 17.0 Å². The Labute approximate surface area is 109 Å². The molecule has 0 radical (unpaired) electrons. The number of nitrogens with two attached hydrogens (primary N) is 1. The highest BCUT2D eigenvalue weighted by molar-refractivity contribution is 7.80.